The Morgan fingerprint density at radius 1 is 1.42 bits per heavy atom. The van der Waals surface area contributed by atoms with Crippen LogP contribution < -0.4 is 5.73 Å². The van der Waals surface area contributed by atoms with E-state index in [1.807, 2.05) is 18.2 Å². The molecule has 0 bridgehead atoms. The van der Waals surface area contributed by atoms with Gasteiger partial charge in [-0.3, -0.25) is 0 Å². The second kappa shape index (κ2) is 5.30. The third kappa shape index (κ3) is 2.79. The van der Waals surface area contributed by atoms with Crippen molar-refractivity contribution in [2.75, 3.05) is 12.3 Å². The minimum Gasteiger partial charge on any atom is -0.398 e. The molecule has 1 aromatic carbocycles. The average Bonchev–Trinajstić information content (AvgIpc) is 3.01. The molecule has 5 nitrogen and oxygen atoms in total. The van der Waals surface area contributed by atoms with Crippen molar-refractivity contribution in [1.29, 1.82) is 0 Å². The van der Waals surface area contributed by atoms with Crippen LogP contribution in [0, 0.1) is 0 Å². The summed E-state index contributed by atoms with van der Waals surface area (Å²) in [6.07, 6.45) is 3.08. The van der Waals surface area contributed by atoms with Gasteiger partial charge in [0.25, 0.3) is 5.89 Å². The van der Waals surface area contributed by atoms with Crippen molar-refractivity contribution in [2.45, 2.75) is 25.4 Å². The maximum absolute atomic E-state index is 5.94. The Morgan fingerprint density at radius 3 is 3.05 bits per heavy atom. The van der Waals surface area contributed by atoms with E-state index in [2.05, 4.69) is 26.1 Å². The number of hydrogen-bond donors (Lipinski definition) is 1. The molecule has 6 heteroatoms. The first kappa shape index (κ1) is 12.6. The van der Waals surface area contributed by atoms with E-state index in [0.29, 0.717) is 23.8 Å². The third-order valence-corrected chi connectivity index (χ3v) is 3.64. The average molecular weight is 324 g/mol. The number of ether oxygens (including phenoxy) is 1. The molecule has 2 aromatic rings. The van der Waals surface area contributed by atoms with E-state index in [1.54, 1.807) is 0 Å². The van der Waals surface area contributed by atoms with Crippen molar-refractivity contribution in [3.8, 4) is 11.5 Å². The first-order chi connectivity index (χ1) is 9.22. The molecule has 1 aliphatic rings. The topological polar surface area (TPSA) is 74.2 Å². The van der Waals surface area contributed by atoms with Crippen molar-refractivity contribution in [2.24, 2.45) is 0 Å². The smallest absolute Gasteiger partial charge is 0.260 e. The SMILES string of the molecule is Nc1cc(Br)ccc1-c1nc(CC2CCCO2)no1. The summed E-state index contributed by atoms with van der Waals surface area (Å²) < 4.78 is 11.8. The summed E-state index contributed by atoms with van der Waals surface area (Å²) in [7, 11) is 0. The van der Waals surface area contributed by atoms with E-state index < -0.39 is 0 Å². The maximum atomic E-state index is 5.94. The highest BCUT2D eigenvalue weighted by molar-refractivity contribution is 9.10. The second-order valence-corrected chi connectivity index (χ2v) is 5.50. The van der Waals surface area contributed by atoms with Crippen LogP contribution in [0.1, 0.15) is 18.7 Å². The van der Waals surface area contributed by atoms with Crippen LogP contribution in [0.15, 0.2) is 27.2 Å². The number of hydrogen-bond acceptors (Lipinski definition) is 5. The molecule has 0 saturated carbocycles. The zero-order valence-corrected chi connectivity index (χ0v) is 11.9. The quantitative estimate of drug-likeness (QED) is 0.879. The zero-order valence-electron chi connectivity index (χ0n) is 10.3. The van der Waals surface area contributed by atoms with Crippen LogP contribution in [0.3, 0.4) is 0 Å². The van der Waals surface area contributed by atoms with Crippen LogP contribution in [-0.4, -0.2) is 22.9 Å². The summed E-state index contributed by atoms with van der Waals surface area (Å²) in [6.45, 7) is 0.828. The number of anilines is 1. The highest BCUT2D eigenvalue weighted by atomic mass is 79.9. The van der Waals surface area contributed by atoms with Crippen molar-refractivity contribution in [3.05, 3.63) is 28.5 Å². The van der Waals surface area contributed by atoms with Gasteiger partial charge in [0.15, 0.2) is 5.82 Å². The predicted molar refractivity (Wildman–Crippen MR) is 74.5 cm³/mol. The lowest BCUT2D eigenvalue weighted by Gasteiger charge is -2.04. The van der Waals surface area contributed by atoms with Gasteiger partial charge in [-0.25, -0.2) is 0 Å². The van der Waals surface area contributed by atoms with E-state index in [1.165, 1.54) is 0 Å². The fourth-order valence-electron chi connectivity index (χ4n) is 2.18. The summed E-state index contributed by atoms with van der Waals surface area (Å²) in [4.78, 5) is 4.38. The molecular weight excluding hydrogens is 310 g/mol. The Hall–Kier alpha value is -1.40. The molecule has 0 amide bonds. The van der Waals surface area contributed by atoms with Gasteiger partial charge < -0.3 is 15.0 Å². The number of nitrogens with two attached hydrogens (primary N) is 1. The Balaban J connectivity index is 1.80. The van der Waals surface area contributed by atoms with Crippen LogP contribution in [0.5, 0.6) is 0 Å². The lowest BCUT2D eigenvalue weighted by Crippen LogP contribution is -2.09. The molecule has 100 valence electrons. The largest absolute Gasteiger partial charge is 0.398 e. The highest BCUT2D eigenvalue weighted by Gasteiger charge is 2.20. The first-order valence-electron chi connectivity index (χ1n) is 6.22. The summed E-state index contributed by atoms with van der Waals surface area (Å²) >= 11 is 3.37. The van der Waals surface area contributed by atoms with Crippen LogP contribution in [0.4, 0.5) is 5.69 Å². The highest BCUT2D eigenvalue weighted by Crippen LogP contribution is 2.27. The molecule has 19 heavy (non-hydrogen) atoms. The van der Waals surface area contributed by atoms with Gasteiger partial charge in [-0.05, 0) is 31.0 Å². The van der Waals surface area contributed by atoms with E-state index in [0.717, 1.165) is 29.5 Å². The van der Waals surface area contributed by atoms with Crippen molar-refractivity contribution in [3.63, 3.8) is 0 Å². The minimum absolute atomic E-state index is 0.215. The molecule has 1 fully saturated rings. The van der Waals surface area contributed by atoms with Gasteiger partial charge >= 0.3 is 0 Å². The Labute approximate surface area is 119 Å². The van der Waals surface area contributed by atoms with E-state index in [9.17, 15) is 0 Å². The van der Waals surface area contributed by atoms with E-state index in [-0.39, 0.29) is 6.10 Å². The third-order valence-electron chi connectivity index (χ3n) is 3.15. The molecule has 0 spiro atoms. The molecule has 0 radical (unpaired) electrons. The molecular formula is C13H14BrN3O2. The number of rotatable bonds is 3. The monoisotopic (exact) mass is 323 g/mol. The number of halogens is 1. The van der Waals surface area contributed by atoms with Crippen molar-refractivity contribution in [1.82, 2.24) is 10.1 Å². The number of nitrogen functional groups attached to an aromatic ring is 1. The molecule has 1 atom stereocenters. The standard InChI is InChI=1S/C13H14BrN3O2/c14-8-3-4-10(11(15)6-8)13-16-12(17-19-13)7-9-2-1-5-18-9/h3-4,6,9H,1-2,5,7,15H2. The molecule has 0 aliphatic carbocycles. The normalized spacial score (nSPS) is 18.9. The molecule has 2 heterocycles. The summed E-state index contributed by atoms with van der Waals surface area (Å²) in [6, 6.07) is 5.58. The molecule has 1 unspecified atom stereocenters. The van der Waals surface area contributed by atoms with Crippen molar-refractivity contribution < 1.29 is 9.26 Å². The van der Waals surface area contributed by atoms with Crippen LogP contribution in [-0.2, 0) is 11.2 Å². The number of benzene rings is 1. The molecule has 1 aliphatic heterocycles. The van der Waals surface area contributed by atoms with Gasteiger partial charge in [0.1, 0.15) is 0 Å². The molecule has 1 aromatic heterocycles. The summed E-state index contributed by atoms with van der Waals surface area (Å²) in [5.41, 5.74) is 7.32. The van der Waals surface area contributed by atoms with Crippen LogP contribution >= 0.6 is 15.9 Å². The Kier molecular flexibility index (Phi) is 3.52. The number of nitrogens with zero attached hydrogens (tertiary/aromatic N) is 2. The predicted octanol–water partition coefficient (Wildman–Crippen LogP) is 2.80. The van der Waals surface area contributed by atoms with Gasteiger partial charge in [0, 0.05) is 23.2 Å². The van der Waals surface area contributed by atoms with E-state index >= 15 is 0 Å². The summed E-state index contributed by atoms with van der Waals surface area (Å²) in [5.74, 6) is 1.13. The van der Waals surface area contributed by atoms with Gasteiger partial charge in [0.05, 0.1) is 11.7 Å². The fraction of sp³-hybridized carbons (Fsp3) is 0.385. The zero-order chi connectivity index (χ0) is 13.2. The lowest BCUT2D eigenvalue weighted by atomic mass is 10.1. The molecule has 3 rings (SSSR count). The fourth-order valence-corrected chi connectivity index (χ4v) is 2.56. The first-order valence-corrected chi connectivity index (χ1v) is 7.01. The van der Waals surface area contributed by atoms with Gasteiger partial charge in [-0.2, -0.15) is 4.98 Å². The van der Waals surface area contributed by atoms with Crippen LogP contribution in [0.25, 0.3) is 11.5 Å². The summed E-state index contributed by atoms with van der Waals surface area (Å²) in [5, 5.41) is 3.99. The molecule has 2 N–H and O–H groups in total. The van der Waals surface area contributed by atoms with Gasteiger partial charge in [-0.1, -0.05) is 21.1 Å². The van der Waals surface area contributed by atoms with Gasteiger partial charge in [-0.15, -0.1) is 0 Å². The lowest BCUT2D eigenvalue weighted by molar-refractivity contribution is 0.109. The van der Waals surface area contributed by atoms with E-state index in [4.69, 9.17) is 15.0 Å². The Bertz CT molecular complexity index is 579. The van der Waals surface area contributed by atoms with Crippen LogP contribution in [0.2, 0.25) is 0 Å². The minimum atomic E-state index is 0.215. The Morgan fingerprint density at radius 2 is 2.32 bits per heavy atom. The maximum Gasteiger partial charge on any atom is 0.260 e. The van der Waals surface area contributed by atoms with Crippen molar-refractivity contribution >= 4 is 21.6 Å². The number of aromatic nitrogens is 2. The van der Waals surface area contributed by atoms with Gasteiger partial charge in [0.2, 0.25) is 0 Å². The molecule has 1 saturated heterocycles. The second-order valence-electron chi connectivity index (χ2n) is 4.59.